The minimum atomic E-state index is -0.643. The van der Waals surface area contributed by atoms with Crippen LogP contribution in [0.25, 0.3) is 16.6 Å². The number of morpholine rings is 1. The van der Waals surface area contributed by atoms with Gasteiger partial charge in [-0.25, -0.2) is 9.50 Å². The number of imide groups is 1. The first kappa shape index (κ1) is 35.7. The van der Waals surface area contributed by atoms with E-state index in [-0.39, 0.29) is 42.3 Å². The van der Waals surface area contributed by atoms with Crippen molar-refractivity contribution in [2.75, 3.05) is 31.6 Å². The quantitative estimate of drug-likeness (QED) is 0.178. The molecule has 1 unspecified atom stereocenters. The molecular formula is C40H46N8O6. The van der Waals surface area contributed by atoms with Crippen LogP contribution in [0, 0.1) is 5.92 Å². The zero-order valence-corrected chi connectivity index (χ0v) is 30.6. The number of benzene rings is 2. The Morgan fingerprint density at radius 2 is 1.93 bits per heavy atom. The van der Waals surface area contributed by atoms with Crippen LogP contribution in [0.3, 0.4) is 0 Å². The van der Waals surface area contributed by atoms with E-state index in [1.807, 2.05) is 38.1 Å². The molecule has 3 fully saturated rings. The van der Waals surface area contributed by atoms with Gasteiger partial charge in [-0.05, 0) is 81.7 Å². The van der Waals surface area contributed by atoms with Gasteiger partial charge in [0.05, 0.1) is 42.6 Å². The predicted molar refractivity (Wildman–Crippen MR) is 201 cm³/mol. The van der Waals surface area contributed by atoms with E-state index in [4.69, 9.17) is 19.3 Å². The summed E-state index contributed by atoms with van der Waals surface area (Å²) in [6, 6.07) is 14.0. The van der Waals surface area contributed by atoms with Crippen molar-refractivity contribution in [3.63, 3.8) is 0 Å². The van der Waals surface area contributed by atoms with Gasteiger partial charge < -0.3 is 19.5 Å². The van der Waals surface area contributed by atoms with Gasteiger partial charge in [0.25, 0.3) is 11.8 Å². The molecule has 3 aromatic heterocycles. The van der Waals surface area contributed by atoms with E-state index in [0.29, 0.717) is 47.3 Å². The average Bonchev–Trinajstić information content (AvgIpc) is 3.78. The van der Waals surface area contributed by atoms with Crippen molar-refractivity contribution in [1.82, 2.24) is 34.6 Å². The second-order valence-electron chi connectivity index (χ2n) is 14.9. The highest BCUT2D eigenvalue weighted by atomic mass is 16.5. The molecule has 1 saturated carbocycles. The van der Waals surface area contributed by atoms with Gasteiger partial charge in [0.15, 0.2) is 11.8 Å². The molecule has 3 amide bonds. The maximum atomic E-state index is 13.6. The molecule has 5 heterocycles. The number of hydrogen-bond acceptors (Lipinski definition) is 10. The first-order valence-electron chi connectivity index (χ1n) is 19.0. The van der Waals surface area contributed by atoms with Crippen LogP contribution < -0.4 is 20.1 Å². The summed E-state index contributed by atoms with van der Waals surface area (Å²) >= 11 is 0. The molecule has 8 rings (SSSR count). The van der Waals surface area contributed by atoms with Gasteiger partial charge >= 0.3 is 0 Å². The van der Waals surface area contributed by atoms with Crippen LogP contribution in [0.2, 0.25) is 0 Å². The summed E-state index contributed by atoms with van der Waals surface area (Å²) < 4.78 is 21.6. The molecule has 0 bridgehead atoms. The van der Waals surface area contributed by atoms with E-state index in [1.165, 1.54) is 5.56 Å². The molecule has 14 heteroatoms. The van der Waals surface area contributed by atoms with E-state index in [1.54, 1.807) is 29.2 Å². The average molecular weight is 735 g/mol. The number of nitrogens with one attached hydrogen (secondary N) is 2. The molecule has 2 aromatic carbocycles. The summed E-state index contributed by atoms with van der Waals surface area (Å²) in [5, 5.41) is 15.5. The first-order chi connectivity index (χ1) is 26.3. The van der Waals surface area contributed by atoms with Gasteiger partial charge in [-0.15, -0.1) is 0 Å². The Balaban J connectivity index is 0.885. The number of fused-ring (bicyclic) bond motifs is 2. The highest BCUT2D eigenvalue weighted by Crippen LogP contribution is 2.35. The Morgan fingerprint density at radius 3 is 2.72 bits per heavy atom. The molecule has 5 aromatic rings. The predicted octanol–water partition coefficient (Wildman–Crippen LogP) is 4.98. The van der Waals surface area contributed by atoms with E-state index in [0.717, 1.165) is 62.7 Å². The van der Waals surface area contributed by atoms with Gasteiger partial charge in [-0.2, -0.15) is 10.2 Å². The zero-order chi connectivity index (χ0) is 37.2. The molecule has 282 valence electrons. The van der Waals surface area contributed by atoms with Crippen LogP contribution in [0.1, 0.15) is 74.3 Å². The third-order valence-electron chi connectivity index (χ3n) is 10.7. The molecule has 0 spiro atoms. The molecule has 0 radical (unpaired) electrons. The summed E-state index contributed by atoms with van der Waals surface area (Å²) in [5.74, 6) is 0.784. The maximum Gasteiger partial charge on any atom is 0.267 e. The Bertz CT molecular complexity index is 2140. The van der Waals surface area contributed by atoms with Crippen molar-refractivity contribution >= 4 is 40.0 Å². The van der Waals surface area contributed by atoms with Gasteiger partial charge in [-0.1, -0.05) is 12.1 Å². The van der Waals surface area contributed by atoms with Gasteiger partial charge in [0.2, 0.25) is 5.91 Å². The number of carbonyl (C=O) groups is 3. The summed E-state index contributed by atoms with van der Waals surface area (Å²) in [4.78, 5) is 44.1. The van der Waals surface area contributed by atoms with E-state index >= 15 is 0 Å². The highest BCUT2D eigenvalue weighted by molar-refractivity contribution is 6.09. The number of nitrogens with zero attached hydrogens (tertiary/aromatic N) is 6. The summed E-state index contributed by atoms with van der Waals surface area (Å²) in [6.07, 6.45) is 12.2. The molecule has 2 aliphatic heterocycles. The number of carbonyl (C=O) groups excluding carboxylic acids is 3. The summed E-state index contributed by atoms with van der Waals surface area (Å²) in [7, 11) is 0. The number of aromatic nitrogens is 5. The number of anilines is 1. The number of ether oxygens (including phenoxy) is 3. The third kappa shape index (κ3) is 7.94. The standard InChI is InChI=1S/C40H46N8O6/c1-25(2)53-36-20-33-28(19-32(36)39(50)43-34-21-42-47-15-3-14-41-38(34)47)23-48(45-33)29-8-4-27(5-9-29)22-46-16-17-52-24-30(46)18-26-6-10-31(11-7-26)54-35-12-13-37(49)44-40(35)51/h3,6-7,10-11,14-15,19-21,23,25,27,29-30,35H,4-5,8-9,12-13,16-18,22,24H2,1-2H3,(H,43,50)(H,44,49,51)/t27?,29?,30-,35?/m1/s1. The first-order valence-corrected chi connectivity index (χ1v) is 19.0. The Kier molecular flexibility index (Phi) is 10.3. The fourth-order valence-corrected chi connectivity index (χ4v) is 7.86. The topological polar surface area (TPSA) is 154 Å². The molecule has 54 heavy (non-hydrogen) atoms. The molecule has 3 aliphatic rings. The second-order valence-corrected chi connectivity index (χ2v) is 14.9. The largest absolute Gasteiger partial charge is 0.490 e. The van der Waals surface area contributed by atoms with Crippen molar-refractivity contribution in [2.24, 2.45) is 5.92 Å². The molecular weight excluding hydrogens is 688 g/mol. The Labute approximate surface area is 313 Å². The van der Waals surface area contributed by atoms with E-state index < -0.39 is 6.10 Å². The molecule has 2 atom stereocenters. The van der Waals surface area contributed by atoms with Crippen molar-refractivity contribution in [3.05, 3.63) is 78.4 Å². The summed E-state index contributed by atoms with van der Waals surface area (Å²) in [6.45, 7) is 7.27. The SMILES string of the molecule is CC(C)Oc1cc2nn(C3CCC(CN4CCOC[C@H]4Cc4ccc(OC5CCC(=O)NC5=O)cc4)CC3)cc2cc1C(=O)Nc1cnn2cccnc12. The normalized spacial score (nSPS) is 22.4. The minimum Gasteiger partial charge on any atom is -0.490 e. The molecule has 2 N–H and O–H groups in total. The lowest BCUT2D eigenvalue weighted by atomic mass is 9.85. The Morgan fingerprint density at radius 1 is 1.09 bits per heavy atom. The minimum absolute atomic E-state index is 0.122. The maximum absolute atomic E-state index is 13.6. The summed E-state index contributed by atoms with van der Waals surface area (Å²) in [5.41, 5.74) is 3.52. The van der Waals surface area contributed by atoms with E-state index in [2.05, 4.69) is 48.6 Å². The monoisotopic (exact) mass is 734 g/mol. The smallest absolute Gasteiger partial charge is 0.267 e. The lowest BCUT2D eigenvalue weighted by molar-refractivity contribution is -0.138. The zero-order valence-electron chi connectivity index (χ0n) is 30.6. The molecule has 1 aliphatic carbocycles. The fraction of sp³-hybridized carbons (Fsp3) is 0.450. The number of hydrogen-bond donors (Lipinski definition) is 2. The van der Waals surface area contributed by atoms with Crippen LogP contribution in [0.4, 0.5) is 5.69 Å². The number of piperidine rings is 1. The second kappa shape index (κ2) is 15.6. The Hall–Kier alpha value is -5.34. The van der Waals surface area contributed by atoms with Crippen LogP contribution >= 0.6 is 0 Å². The van der Waals surface area contributed by atoms with Crippen molar-refractivity contribution in [1.29, 1.82) is 0 Å². The van der Waals surface area contributed by atoms with E-state index in [9.17, 15) is 14.4 Å². The van der Waals surface area contributed by atoms with Crippen LogP contribution in [-0.4, -0.2) is 91.6 Å². The lowest BCUT2D eigenvalue weighted by Crippen LogP contribution is -2.48. The molecule has 14 nitrogen and oxygen atoms in total. The van der Waals surface area contributed by atoms with Crippen LogP contribution in [0.5, 0.6) is 11.5 Å². The van der Waals surface area contributed by atoms with Gasteiger partial charge in [0, 0.05) is 62.0 Å². The van der Waals surface area contributed by atoms with Crippen LogP contribution in [0.15, 0.2) is 67.3 Å². The van der Waals surface area contributed by atoms with Gasteiger partial charge in [0.1, 0.15) is 17.2 Å². The van der Waals surface area contributed by atoms with Crippen molar-refractivity contribution in [3.8, 4) is 11.5 Å². The van der Waals surface area contributed by atoms with Crippen LogP contribution in [-0.2, 0) is 20.7 Å². The fourth-order valence-electron chi connectivity index (χ4n) is 7.86. The number of amides is 3. The molecule has 2 saturated heterocycles. The van der Waals surface area contributed by atoms with Crippen molar-refractivity contribution < 1.29 is 28.6 Å². The highest BCUT2D eigenvalue weighted by Gasteiger charge is 2.31. The van der Waals surface area contributed by atoms with Gasteiger partial charge in [-0.3, -0.25) is 29.3 Å². The number of rotatable bonds is 11. The lowest BCUT2D eigenvalue weighted by Gasteiger charge is -2.39. The van der Waals surface area contributed by atoms with Crippen molar-refractivity contribution in [2.45, 2.75) is 83.1 Å². The third-order valence-corrected chi connectivity index (χ3v) is 10.7.